The number of hydrogen-bond acceptors (Lipinski definition) is 7. The molecule has 0 amide bonds. The number of fused-ring (bicyclic) bond motifs is 2. The zero-order valence-electron chi connectivity index (χ0n) is 16.8. The van der Waals surface area contributed by atoms with Gasteiger partial charge in [0, 0.05) is 40.7 Å². The fourth-order valence-corrected chi connectivity index (χ4v) is 4.88. The fraction of sp³-hybridized carbons (Fsp3) is 0.333. The van der Waals surface area contributed by atoms with E-state index in [0.29, 0.717) is 16.4 Å². The molecule has 0 aliphatic heterocycles. The number of aryl methyl sites for hydroxylation is 1. The van der Waals surface area contributed by atoms with Crippen LogP contribution in [0.4, 0.5) is 15.3 Å². The van der Waals surface area contributed by atoms with Gasteiger partial charge in [-0.1, -0.05) is 13.8 Å². The highest BCUT2D eigenvalue weighted by atomic mass is 32.1. The van der Waals surface area contributed by atoms with Gasteiger partial charge in [-0.15, -0.1) is 11.3 Å². The van der Waals surface area contributed by atoms with Crippen molar-refractivity contribution in [2.45, 2.75) is 45.1 Å². The standard InChI is InChI=1S/C21H22FN7S/c1-11(2)15-10-25-29-19(26-14-3-4-16-18(6-14)30-21(23)28-16)7-17(27-20(15)29)12-5-13(22)9-24-8-12/h5,7-11,14,26H,3-4,6H2,1-2H3,(H2,23,28)/t14-/m1/s1. The van der Waals surface area contributed by atoms with Crippen LogP contribution in [0.15, 0.2) is 30.7 Å². The number of hydrogen-bond donors (Lipinski definition) is 2. The lowest BCUT2D eigenvalue weighted by atomic mass is 9.97. The second-order valence-electron chi connectivity index (χ2n) is 7.91. The van der Waals surface area contributed by atoms with E-state index in [1.807, 2.05) is 16.8 Å². The minimum atomic E-state index is -0.385. The first-order valence-electron chi connectivity index (χ1n) is 9.98. The van der Waals surface area contributed by atoms with E-state index < -0.39 is 0 Å². The Bertz CT molecular complexity index is 1230. The lowest BCUT2D eigenvalue weighted by Crippen LogP contribution is -2.28. The first-order valence-corrected chi connectivity index (χ1v) is 10.8. The number of anilines is 2. The Morgan fingerprint density at radius 3 is 2.90 bits per heavy atom. The van der Waals surface area contributed by atoms with Crippen LogP contribution < -0.4 is 11.1 Å². The molecular weight excluding hydrogens is 401 g/mol. The highest BCUT2D eigenvalue weighted by Gasteiger charge is 2.24. The summed E-state index contributed by atoms with van der Waals surface area (Å²) in [7, 11) is 0. The number of nitrogen functional groups attached to an aromatic ring is 1. The molecule has 1 aliphatic rings. The van der Waals surface area contributed by atoms with Gasteiger partial charge in [-0.3, -0.25) is 4.98 Å². The highest BCUT2D eigenvalue weighted by molar-refractivity contribution is 7.15. The van der Waals surface area contributed by atoms with Crippen LogP contribution in [0.3, 0.4) is 0 Å². The number of aromatic nitrogens is 5. The van der Waals surface area contributed by atoms with Gasteiger partial charge in [-0.25, -0.2) is 14.4 Å². The second-order valence-corrected chi connectivity index (χ2v) is 9.03. The van der Waals surface area contributed by atoms with E-state index in [-0.39, 0.29) is 17.8 Å². The topological polar surface area (TPSA) is 94.0 Å². The molecule has 0 saturated carbocycles. The largest absolute Gasteiger partial charge is 0.375 e. The first kappa shape index (κ1) is 18.9. The van der Waals surface area contributed by atoms with E-state index in [1.165, 1.54) is 17.1 Å². The molecule has 0 aromatic carbocycles. The summed E-state index contributed by atoms with van der Waals surface area (Å²) in [6.45, 7) is 4.22. The third kappa shape index (κ3) is 3.39. The van der Waals surface area contributed by atoms with Crippen LogP contribution in [0.5, 0.6) is 0 Å². The van der Waals surface area contributed by atoms with E-state index in [2.05, 4.69) is 34.2 Å². The molecule has 1 atom stereocenters. The number of nitrogens with two attached hydrogens (primary N) is 1. The molecular formula is C21H22FN7S. The summed E-state index contributed by atoms with van der Waals surface area (Å²) in [5.41, 5.74) is 10.1. The Morgan fingerprint density at radius 2 is 2.10 bits per heavy atom. The van der Waals surface area contributed by atoms with Gasteiger partial charge in [0.05, 0.1) is 23.8 Å². The predicted octanol–water partition coefficient (Wildman–Crippen LogP) is 4.06. The summed E-state index contributed by atoms with van der Waals surface area (Å²) >= 11 is 1.56. The molecule has 9 heteroatoms. The summed E-state index contributed by atoms with van der Waals surface area (Å²) < 4.78 is 15.6. The summed E-state index contributed by atoms with van der Waals surface area (Å²) in [4.78, 5) is 14.4. The van der Waals surface area contributed by atoms with E-state index in [1.54, 1.807) is 17.5 Å². The van der Waals surface area contributed by atoms with E-state index in [9.17, 15) is 4.39 Å². The van der Waals surface area contributed by atoms with Crippen LogP contribution >= 0.6 is 11.3 Å². The van der Waals surface area contributed by atoms with Gasteiger partial charge in [0.2, 0.25) is 0 Å². The van der Waals surface area contributed by atoms with Gasteiger partial charge in [-0.05, 0) is 24.8 Å². The van der Waals surface area contributed by atoms with Gasteiger partial charge >= 0.3 is 0 Å². The normalized spacial score (nSPS) is 16.2. The van der Waals surface area contributed by atoms with Crippen molar-refractivity contribution < 1.29 is 4.39 Å². The molecule has 0 fully saturated rings. The maximum absolute atomic E-state index is 13.8. The van der Waals surface area contributed by atoms with Crippen LogP contribution in [-0.2, 0) is 12.8 Å². The monoisotopic (exact) mass is 423 g/mol. The number of nitrogens with one attached hydrogen (secondary N) is 1. The average Bonchev–Trinajstić information content (AvgIpc) is 3.30. The molecule has 7 nitrogen and oxygen atoms in total. The van der Waals surface area contributed by atoms with Gasteiger partial charge < -0.3 is 11.1 Å². The van der Waals surface area contributed by atoms with Crippen LogP contribution in [0.1, 0.15) is 42.3 Å². The Hall–Kier alpha value is -3.07. The second kappa shape index (κ2) is 7.32. The van der Waals surface area contributed by atoms with Crippen LogP contribution in [-0.4, -0.2) is 30.6 Å². The molecule has 4 heterocycles. The predicted molar refractivity (Wildman–Crippen MR) is 116 cm³/mol. The van der Waals surface area contributed by atoms with Crippen molar-refractivity contribution in [1.29, 1.82) is 0 Å². The number of pyridine rings is 1. The van der Waals surface area contributed by atoms with E-state index in [4.69, 9.17) is 10.7 Å². The van der Waals surface area contributed by atoms with E-state index in [0.717, 1.165) is 42.0 Å². The third-order valence-corrected chi connectivity index (χ3v) is 6.38. The molecule has 0 bridgehead atoms. The highest BCUT2D eigenvalue weighted by Crippen LogP contribution is 2.31. The van der Waals surface area contributed by atoms with Crippen molar-refractivity contribution in [3.63, 3.8) is 0 Å². The molecule has 1 aliphatic carbocycles. The summed E-state index contributed by atoms with van der Waals surface area (Å²) in [6.07, 6.45) is 7.39. The average molecular weight is 424 g/mol. The maximum atomic E-state index is 13.8. The summed E-state index contributed by atoms with van der Waals surface area (Å²) in [5, 5.41) is 8.84. The van der Waals surface area contributed by atoms with Crippen LogP contribution in [0.2, 0.25) is 0 Å². The van der Waals surface area contributed by atoms with Crippen molar-refractivity contribution >= 4 is 27.9 Å². The molecule has 3 N–H and O–H groups in total. The fourth-order valence-electron chi connectivity index (χ4n) is 3.92. The molecule has 0 saturated heterocycles. The smallest absolute Gasteiger partial charge is 0.180 e. The van der Waals surface area contributed by atoms with Crippen molar-refractivity contribution in [1.82, 2.24) is 24.6 Å². The number of thiazole rings is 1. The van der Waals surface area contributed by atoms with Crippen LogP contribution in [0, 0.1) is 5.82 Å². The van der Waals surface area contributed by atoms with Crippen molar-refractivity contribution in [3.05, 3.63) is 52.7 Å². The molecule has 5 rings (SSSR count). The number of rotatable bonds is 4. The Labute approximate surface area is 177 Å². The number of halogens is 1. The Balaban J connectivity index is 1.56. The molecule has 0 radical (unpaired) electrons. The van der Waals surface area contributed by atoms with Gasteiger partial charge in [0.1, 0.15) is 11.6 Å². The minimum absolute atomic E-state index is 0.230. The van der Waals surface area contributed by atoms with Crippen molar-refractivity contribution in [2.75, 3.05) is 11.1 Å². The summed E-state index contributed by atoms with van der Waals surface area (Å²) in [5.74, 6) is 0.710. The Kier molecular flexibility index (Phi) is 4.62. The Morgan fingerprint density at radius 1 is 1.23 bits per heavy atom. The zero-order valence-corrected chi connectivity index (χ0v) is 17.6. The quantitative estimate of drug-likeness (QED) is 0.514. The van der Waals surface area contributed by atoms with E-state index >= 15 is 0 Å². The molecule has 4 aromatic rings. The van der Waals surface area contributed by atoms with Gasteiger partial charge in [0.25, 0.3) is 0 Å². The van der Waals surface area contributed by atoms with Crippen molar-refractivity contribution in [2.24, 2.45) is 0 Å². The van der Waals surface area contributed by atoms with Gasteiger partial charge in [-0.2, -0.15) is 9.61 Å². The lowest BCUT2D eigenvalue weighted by Gasteiger charge is -2.24. The molecule has 154 valence electrons. The molecule has 30 heavy (non-hydrogen) atoms. The SMILES string of the molecule is CC(C)c1cnn2c(N[C@@H]3CCc4nc(N)sc4C3)cc(-c3cncc(F)c3)nc12. The minimum Gasteiger partial charge on any atom is -0.375 e. The van der Waals surface area contributed by atoms with Crippen LogP contribution in [0.25, 0.3) is 16.9 Å². The lowest BCUT2D eigenvalue weighted by molar-refractivity contribution is 0.605. The number of nitrogens with zero attached hydrogens (tertiary/aromatic N) is 5. The van der Waals surface area contributed by atoms with Crippen molar-refractivity contribution in [3.8, 4) is 11.3 Å². The molecule has 0 unspecified atom stereocenters. The summed E-state index contributed by atoms with van der Waals surface area (Å²) in [6, 6.07) is 3.60. The zero-order chi connectivity index (χ0) is 20.8. The van der Waals surface area contributed by atoms with Gasteiger partial charge in [0.15, 0.2) is 10.8 Å². The first-order chi connectivity index (χ1) is 14.5. The molecule has 0 spiro atoms. The molecule has 4 aromatic heterocycles. The maximum Gasteiger partial charge on any atom is 0.180 e. The third-order valence-electron chi connectivity index (χ3n) is 5.43.